The fourth-order valence-corrected chi connectivity index (χ4v) is 2.18. The molecule has 0 aliphatic heterocycles. The first kappa shape index (κ1) is 16.2. The molecule has 20 heavy (non-hydrogen) atoms. The Hall–Kier alpha value is -1.87. The van der Waals surface area contributed by atoms with Gasteiger partial charge in [0.15, 0.2) is 11.5 Å². The van der Waals surface area contributed by atoms with Crippen LogP contribution in [-0.2, 0) is 6.54 Å². The van der Waals surface area contributed by atoms with Crippen LogP contribution in [0.15, 0.2) is 16.6 Å². The van der Waals surface area contributed by atoms with Gasteiger partial charge in [-0.2, -0.15) is 0 Å². The van der Waals surface area contributed by atoms with Crippen LogP contribution in [0.5, 0.6) is 11.5 Å². The van der Waals surface area contributed by atoms with E-state index in [1.807, 2.05) is 12.1 Å². The zero-order valence-electron chi connectivity index (χ0n) is 11.7. The van der Waals surface area contributed by atoms with E-state index in [2.05, 4.69) is 38.4 Å². The molecule has 0 bridgehead atoms. The van der Waals surface area contributed by atoms with Crippen molar-refractivity contribution in [2.45, 2.75) is 13.5 Å². The summed E-state index contributed by atoms with van der Waals surface area (Å²) in [5.41, 5.74) is 0.895. The number of hydrogen-bond acceptors (Lipinski definition) is 3. The van der Waals surface area contributed by atoms with Crippen LogP contribution in [0.1, 0.15) is 12.5 Å². The smallest absolute Gasteiger partial charge is 0.315 e. The molecule has 5 nitrogen and oxygen atoms in total. The Kier molecular flexibility index (Phi) is 6.74. The Morgan fingerprint density at radius 3 is 2.65 bits per heavy atom. The average Bonchev–Trinajstić information content (AvgIpc) is 2.44. The number of carbonyl (C=O) groups excluding carboxylic acids is 1. The molecule has 108 valence electrons. The number of ether oxygens (including phenoxy) is 2. The molecule has 1 aromatic carbocycles. The quantitative estimate of drug-likeness (QED) is 0.808. The molecule has 0 aliphatic carbocycles. The lowest BCUT2D eigenvalue weighted by molar-refractivity contribution is 0.241. The van der Waals surface area contributed by atoms with Gasteiger partial charge in [0, 0.05) is 6.54 Å². The molecule has 0 aromatic heterocycles. The van der Waals surface area contributed by atoms with Gasteiger partial charge in [-0.25, -0.2) is 4.79 Å². The van der Waals surface area contributed by atoms with Crippen LogP contribution < -0.4 is 20.1 Å². The fraction of sp³-hybridized carbons (Fsp3) is 0.357. The summed E-state index contributed by atoms with van der Waals surface area (Å²) >= 11 is 3.41. The summed E-state index contributed by atoms with van der Waals surface area (Å²) in [5, 5.41) is 5.37. The average molecular weight is 341 g/mol. The Morgan fingerprint density at radius 2 is 2.05 bits per heavy atom. The predicted octanol–water partition coefficient (Wildman–Crippen LogP) is 2.29. The van der Waals surface area contributed by atoms with Gasteiger partial charge >= 0.3 is 6.03 Å². The summed E-state index contributed by atoms with van der Waals surface area (Å²) in [6.45, 7) is 2.43. The molecule has 0 radical (unpaired) electrons. The van der Waals surface area contributed by atoms with E-state index in [0.29, 0.717) is 24.6 Å². The molecule has 0 heterocycles. The molecule has 0 saturated heterocycles. The SMILES string of the molecule is CC#CCNC(=O)NCc1cc(Br)c(OC)c(OC)c1. The van der Waals surface area contributed by atoms with E-state index in [1.165, 1.54) is 0 Å². The maximum atomic E-state index is 11.5. The van der Waals surface area contributed by atoms with Crippen molar-refractivity contribution < 1.29 is 14.3 Å². The van der Waals surface area contributed by atoms with E-state index in [9.17, 15) is 4.79 Å². The molecule has 0 aliphatic rings. The first-order valence-corrected chi connectivity index (χ1v) is 6.73. The largest absolute Gasteiger partial charge is 0.493 e. The maximum Gasteiger partial charge on any atom is 0.315 e. The Bertz CT molecular complexity index is 535. The Morgan fingerprint density at radius 1 is 1.30 bits per heavy atom. The van der Waals surface area contributed by atoms with Crippen molar-refractivity contribution in [1.29, 1.82) is 0 Å². The van der Waals surface area contributed by atoms with Gasteiger partial charge in [0.1, 0.15) is 0 Å². The zero-order valence-corrected chi connectivity index (χ0v) is 13.3. The number of nitrogens with one attached hydrogen (secondary N) is 2. The fourth-order valence-electron chi connectivity index (χ4n) is 1.53. The highest BCUT2D eigenvalue weighted by molar-refractivity contribution is 9.10. The molecule has 0 fully saturated rings. The van der Waals surface area contributed by atoms with Gasteiger partial charge in [-0.15, -0.1) is 5.92 Å². The molecule has 1 aromatic rings. The lowest BCUT2D eigenvalue weighted by atomic mass is 10.2. The standard InChI is InChI=1S/C14H17BrN2O3/c1-4-5-6-16-14(18)17-9-10-7-11(15)13(20-3)12(8-10)19-2/h7-8H,6,9H2,1-3H3,(H2,16,17,18). The van der Waals surface area contributed by atoms with Crippen molar-refractivity contribution in [2.75, 3.05) is 20.8 Å². The Labute approximate surface area is 127 Å². The summed E-state index contributed by atoms with van der Waals surface area (Å²) in [6.07, 6.45) is 0. The van der Waals surface area contributed by atoms with Crippen molar-refractivity contribution in [3.05, 3.63) is 22.2 Å². The van der Waals surface area contributed by atoms with E-state index >= 15 is 0 Å². The number of benzene rings is 1. The van der Waals surface area contributed by atoms with Crippen LogP contribution >= 0.6 is 15.9 Å². The molecule has 0 unspecified atom stereocenters. The third kappa shape index (κ3) is 4.67. The Balaban J connectivity index is 2.66. The molecule has 0 spiro atoms. The van der Waals surface area contributed by atoms with Crippen LogP contribution in [-0.4, -0.2) is 26.8 Å². The first-order valence-electron chi connectivity index (χ1n) is 5.94. The molecule has 0 saturated carbocycles. The second kappa shape index (κ2) is 8.33. The molecule has 6 heteroatoms. The minimum atomic E-state index is -0.265. The summed E-state index contributed by atoms with van der Waals surface area (Å²) in [7, 11) is 3.14. The van der Waals surface area contributed by atoms with Gasteiger partial charge in [0.05, 0.1) is 25.2 Å². The van der Waals surface area contributed by atoms with Gasteiger partial charge in [0.25, 0.3) is 0 Å². The minimum absolute atomic E-state index is 0.265. The van der Waals surface area contributed by atoms with Crippen LogP contribution in [0.2, 0.25) is 0 Å². The number of hydrogen-bond donors (Lipinski definition) is 2. The maximum absolute atomic E-state index is 11.5. The second-order valence-corrected chi connectivity index (χ2v) is 4.63. The lowest BCUT2D eigenvalue weighted by Gasteiger charge is -2.12. The summed E-state index contributed by atoms with van der Waals surface area (Å²) in [4.78, 5) is 11.5. The van der Waals surface area contributed by atoms with Gasteiger partial charge in [-0.05, 0) is 40.5 Å². The van der Waals surface area contributed by atoms with E-state index < -0.39 is 0 Å². The minimum Gasteiger partial charge on any atom is -0.493 e. The molecule has 0 atom stereocenters. The number of urea groups is 1. The molecular weight excluding hydrogens is 324 g/mol. The zero-order chi connectivity index (χ0) is 15.0. The second-order valence-electron chi connectivity index (χ2n) is 3.78. The number of carbonyl (C=O) groups is 1. The topological polar surface area (TPSA) is 59.6 Å². The third-order valence-electron chi connectivity index (χ3n) is 2.46. The van der Waals surface area contributed by atoms with Gasteiger partial charge in [-0.3, -0.25) is 0 Å². The van der Waals surface area contributed by atoms with Gasteiger partial charge in [0.2, 0.25) is 0 Å². The summed E-state index contributed by atoms with van der Waals surface area (Å²) in [6, 6.07) is 3.42. The number of amides is 2. The predicted molar refractivity (Wildman–Crippen MR) is 80.9 cm³/mol. The third-order valence-corrected chi connectivity index (χ3v) is 3.05. The van der Waals surface area contributed by atoms with Crippen molar-refractivity contribution in [3.63, 3.8) is 0 Å². The summed E-state index contributed by atoms with van der Waals surface area (Å²) < 4.78 is 11.2. The normalized spacial score (nSPS) is 9.20. The van der Waals surface area contributed by atoms with E-state index in [0.717, 1.165) is 10.0 Å². The van der Waals surface area contributed by atoms with Crippen molar-refractivity contribution >= 4 is 22.0 Å². The van der Waals surface area contributed by atoms with Crippen LogP contribution in [0, 0.1) is 11.8 Å². The highest BCUT2D eigenvalue weighted by atomic mass is 79.9. The lowest BCUT2D eigenvalue weighted by Crippen LogP contribution is -2.35. The molecular formula is C14H17BrN2O3. The highest BCUT2D eigenvalue weighted by Crippen LogP contribution is 2.36. The summed E-state index contributed by atoms with van der Waals surface area (Å²) in [5.74, 6) is 6.69. The number of rotatable bonds is 5. The van der Waals surface area contributed by atoms with Crippen molar-refractivity contribution in [2.24, 2.45) is 0 Å². The van der Waals surface area contributed by atoms with Crippen molar-refractivity contribution in [1.82, 2.24) is 10.6 Å². The van der Waals surface area contributed by atoms with Crippen molar-refractivity contribution in [3.8, 4) is 23.3 Å². The van der Waals surface area contributed by atoms with Crippen LogP contribution in [0.3, 0.4) is 0 Å². The van der Waals surface area contributed by atoms with E-state index in [-0.39, 0.29) is 6.03 Å². The molecule has 2 amide bonds. The molecule has 2 N–H and O–H groups in total. The van der Waals surface area contributed by atoms with Crippen LogP contribution in [0.4, 0.5) is 4.79 Å². The number of methoxy groups -OCH3 is 2. The number of halogens is 1. The molecule has 1 rings (SSSR count). The van der Waals surface area contributed by atoms with Gasteiger partial charge < -0.3 is 20.1 Å². The first-order chi connectivity index (χ1) is 9.62. The highest BCUT2D eigenvalue weighted by Gasteiger charge is 2.10. The van der Waals surface area contributed by atoms with Gasteiger partial charge in [-0.1, -0.05) is 5.92 Å². The van der Waals surface area contributed by atoms with Crippen LogP contribution in [0.25, 0.3) is 0 Å². The van der Waals surface area contributed by atoms with E-state index in [1.54, 1.807) is 21.1 Å². The monoisotopic (exact) mass is 340 g/mol. The van der Waals surface area contributed by atoms with E-state index in [4.69, 9.17) is 9.47 Å².